The average molecular weight is 709 g/mol. The van der Waals surface area contributed by atoms with Gasteiger partial charge in [0.15, 0.2) is 12.2 Å². The number of alkyl halides is 1. The molecule has 0 saturated carbocycles. The number of nitrogens with zero attached hydrogens (tertiary/aromatic N) is 2. The lowest BCUT2D eigenvalue weighted by Gasteiger charge is -2.33. The number of likely N-dealkylation sites (N-methyl/N-ethyl adjacent to an activating group) is 2. The van der Waals surface area contributed by atoms with Gasteiger partial charge >= 0.3 is 24.0 Å². The number of ether oxygens (including phenoxy) is 4. The van der Waals surface area contributed by atoms with E-state index in [1.165, 1.54) is 34.9 Å². The second-order valence-corrected chi connectivity index (χ2v) is 15.1. The number of halogens is 1. The molecule has 1 aromatic carbocycles. The molecule has 1 aliphatic rings. The maximum absolute atomic E-state index is 14.7. The molecule has 12 nitrogen and oxygen atoms in total. The van der Waals surface area contributed by atoms with Crippen LogP contribution in [0.2, 0.25) is 0 Å². The minimum atomic E-state index is -1.67. The largest absolute Gasteiger partial charge is 0.479 e. The van der Waals surface area contributed by atoms with Gasteiger partial charge < -0.3 is 29.0 Å². The van der Waals surface area contributed by atoms with Gasteiger partial charge in [0.2, 0.25) is 0 Å². The highest BCUT2D eigenvalue weighted by Crippen LogP contribution is 2.28. The molecule has 0 spiro atoms. The molecule has 1 saturated heterocycles. The van der Waals surface area contributed by atoms with Gasteiger partial charge in [0.25, 0.3) is 5.91 Å². The fourth-order valence-corrected chi connectivity index (χ4v) is 5.52. The molecule has 282 valence electrons. The van der Waals surface area contributed by atoms with E-state index >= 15 is 0 Å². The van der Waals surface area contributed by atoms with Crippen molar-refractivity contribution in [3.8, 4) is 0 Å². The molecule has 1 heterocycles. The third-order valence-electron chi connectivity index (χ3n) is 8.48. The summed E-state index contributed by atoms with van der Waals surface area (Å²) in [6, 6.07) is 5.14. The van der Waals surface area contributed by atoms with E-state index in [2.05, 4.69) is 0 Å². The van der Waals surface area contributed by atoms with Crippen LogP contribution in [0.5, 0.6) is 0 Å². The van der Waals surface area contributed by atoms with Crippen molar-refractivity contribution in [2.45, 2.75) is 135 Å². The standard InChI is InChI=1S/C37H57FN2O10/c1-23(2)21-29(34(45)48-24(3)32(42)43)39(9)31(41)30(22-25-11-13-26(14-12-25)27-16-19-47-20-17-27)49-33(44)28(15-18-37(7,8)38)40(10)35(46)50-36(4,5)6/h11-14,23-24,27-30H,15-22H2,1-10H3,(H,42,43)/t24-,28+,29+,30-/m1/s1. The zero-order valence-electron chi connectivity index (χ0n) is 31.3. The number of carbonyl (C=O) groups is 5. The number of carboxylic acids is 1. The Kier molecular flexibility index (Phi) is 15.7. The zero-order valence-corrected chi connectivity index (χ0v) is 31.3. The van der Waals surface area contributed by atoms with Crippen LogP contribution in [-0.4, -0.2) is 108 Å². The molecule has 0 unspecified atom stereocenters. The molecule has 2 rings (SSSR count). The Morgan fingerprint density at radius 3 is 1.96 bits per heavy atom. The Balaban J connectivity index is 2.49. The van der Waals surface area contributed by atoms with Crippen molar-refractivity contribution in [1.29, 1.82) is 0 Å². The van der Waals surface area contributed by atoms with Crippen molar-refractivity contribution in [2.24, 2.45) is 5.92 Å². The van der Waals surface area contributed by atoms with E-state index in [1.807, 2.05) is 38.1 Å². The normalized spacial score (nSPS) is 16.5. The fourth-order valence-electron chi connectivity index (χ4n) is 5.52. The lowest BCUT2D eigenvalue weighted by molar-refractivity contribution is -0.172. The minimum absolute atomic E-state index is 0.0740. The number of hydrogen-bond acceptors (Lipinski definition) is 9. The van der Waals surface area contributed by atoms with Crippen LogP contribution < -0.4 is 0 Å². The number of carboxylic acid groups (broad SMARTS) is 1. The number of benzene rings is 1. The molecule has 2 amide bonds. The van der Waals surface area contributed by atoms with E-state index in [0.29, 0.717) is 24.7 Å². The second kappa shape index (κ2) is 18.5. The van der Waals surface area contributed by atoms with Crippen LogP contribution in [0.1, 0.15) is 105 Å². The molecule has 13 heteroatoms. The van der Waals surface area contributed by atoms with Gasteiger partial charge in [-0.3, -0.25) is 9.69 Å². The molecule has 1 N–H and O–H groups in total. The minimum Gasteiger partial charge on any atom is -0.479 e. The fraction of sp³-hybridized carbons (Fsp3) is 0.703. The van der Waals surface area contributed by atoms with Gasteiger partial charge in [-0.1, -0.05) is 38.1 Å². The van der Waals surface area contributed by atoms with Crippen molar-refractivity contribution in [3.05, 3.63) is 35.4 Å². The summed E-state index contributed by atoms with van der Waals surface area (Å²) in [4.78, 5) is 68.0. The number of aliphatic carboxylic acids is 1. The first kappa shape index (κ1) is 42.4. The Bertz CT molecular complexity index is 1300. The molecule has 1 aliphatic heterocycles. The van der Waals surface area contributed by atoms with Gasteiger partial charge in [-0.15, -0.1) is 0 Å². The molecule has 0 aromatic heterocycles. The predicted octanol–water partition coefficient (Wildman–Crippen LogP) is 5.69. The lowest BCUT2D eigenvalue weighted by Crippen LogP contribution is -2.52. The molecule has 1 fully saturated rings. The summed E-state index contributed by atoms with van der Waals surface area (Å²) in [5.74, 6) is -3.71. The van der Waals surface area contributed by atoms with Crippen LogP contribution in [0, 0.1) is 5.92 Å². The smallest absolute Gasteiger partial charge is 0.410 e. The van der Waals surface area contributed by atoms with Crippen molar-refractivity contribution in [3.63, 3.8) is 0 Å². The molecule has 50 heavy (non-hydrogen) atoms. The molecule has 0 bridgehead atoms. The summed E-state index contributed by atoms with van der Waals surface area (Å²) in [6.07, 6.45) is -2.12. The SMILES string of the molecule is CC(C)C[C@@H](C(=O)O[C@H](C)C(=O)O)N(C)C(=O)[C@@H](Cc1ccc(C2CCOCC2)cc1)OC(=O)[C@H](CCC(C)(C)F)N(C)C(=O)OC(C)(C)C. The monoisotopic (exact) mass is 708 g/mol. The first-order valence-corrected chi connectivity index (χ1v) is 17.3. The predicted molar refractivity (Wildman–Crippen MR) is 184 cm³/mol. The highest BCUT2D eigenvalue weighted by Gasteiger charge is 2.39. The van der Waals surface area contributed by atoms with Gasteiger partial charge in [-0.25, -0.2) is 23.6 Å². The summed E-state index contributed by atoms with van der Waals surface area (Å²) in [5, 5.41) is 9.31. The van der Waals surface area contributed by atoms with E-state index in [0.717, 1.165) is 28.2 Å². The summed E-state index contributed by atoms with van der Waals surface area (Å²) in [5.41, 5.74) is -0.763. The average Bonchev–Trinajstić information content (AvgIpc) is 3.01. The summed E-state index contributed by atoms with van der Waals surface area (Å²) >= 11 is 0. The first-order valence-electron chi connectivity index (χ1n) is 17.3. The third-order valence-corrected chi connectivity index (χ3v) is 8.48. The topological polar surface area (TPSA) is 149 Å². The van der Waals surface area contributed by atoms with E-state index in [1.54, 1.807) is 20.8 Å². The molecular weight excluding hydrogens is 651 g/mol. The van der Waals surface area contributed by atoms with Crippen molar-refractivity contribution in [1.82, 2.24) is 9.80 Å². The van der Waals surface area contributed by atoms with Gasteiger partial charge in [-0.05, 0) is 96.6 Å². The van der Waals surface area contributed by atoms with Crippen LogP contribution in [0.3, 0.4) is 0 Å². The molecule has 0 aliphatic carbocycles. The number of rotatable bonds is 16. The Morgan fingerprint density at radius 1 is 0.900 bits per heavy atom. The van der Waals surface area contributed by atoms with E-state index in [9.17, 15) is 33.5 Å². The van der Waals surface area contributed by atoms with Gasteiger partial charge in [0.1, 0.15) is 23.4 Å². The summed E-state index contributed by atoms with van der Waals surface area (Å²) < 4.78 is 36.7. The van der Waals surface area contributed by atoms with Gasteiger partial charge in [0, 0.05) is 33.7 Å². The molecule has 1 aromatic rings. The van der Waals surface area contributed by atoms with Crippen LogP contribution in [0.25, 0.3) is 0 Å². The van der Waals surface area contributed by atoms with Crippen LogP contribution in [-0.2, 0) is 44.5 Å². The summed E-state index contributed by atoms with van der Waals surface area (Å²) in [7, 11) is 2.72. The highest BCUT2D eigenvalue weighted by molar-refractivity contribution is 5.90. The lowest BCUT2D eigenvalue weighted by atomic mass is 9.90. The number of hydrogen-bond donors (Lipinski definition) is 1. The maximum atomic E-state index is 14.7. The zero-order chi connectivity index (χ0) is 38.0. The number of carbonyl (C=O) groups excluding carboxylic acids is 4. The Morgan fingerprint density at radius 2 is 1.46 bits per heavy atom. The van der Waals surface area contributed by atoms with Crippen molar-refractivity contribution < 1.29 is 52.4 Å². The van der Waals surface area contributed by atoms with E-state index < -0.39 is 65.5 Å². The third kappa shape index (κ3) is 13.9. The molecule has 4 atom stereocenters. The van der Waals surface area contributed by atoms with Crippen LogP contribution in [0.15, 0.2) is 24.3 Å². The van der Waals surface area contributed by atoms with E-state index in [4.69, 9.17) is 18.9 Å². The Labute approximate surface area is 295 Å². The maximum Gasteiger partial charge on any atom is 0.410 e. The van der Waals surface area contributed by atoms with Gasteiger partial charge in [0.05, 0.1) is 0 Å². The van der Waals surface area contributed by atoms with Gasteiger partial charge in [-0.2, -0.15) is 0 Å². The van der Waals surface area contributed by atoms with Crippen molar-refractivity contribution in [2.75, 3.05) is 27.3 Å². The second-order valence-electron chi connectivity index (χ2n) is 15.1. The van der Waals surface area contributed by atoms with Crippen molar-refractivity contribution >= 4 is 29.9 Å². The molecule has 0 radical (unpaired) electrons. The number of esters is 2. The summed E-state index contributed by atoms with van der Waals surface area (Å²) in [6.45, 7) is 14.0. The van der Waals surface area contributed by atoms with Crippen LogP contribution >= 0.6 is 0 Å². The van der Waals surface area contributed by atoms with E-state index in [-0.39, 0.29) is 31.6 Å². The highest BCUT2D eigenvalue weighted by atomic mass is 19.1. The Hall–Kier alpha value is -3.74. The molecular formula is C37H57FN2O10. The van der Waals surface area contributed by atoms with Crippen LogP contribution in [0.4, 0.5) is 9.18 Å². The first-order chi connectivity index (χ1) is 23.1. The number of amides is 2. The quantitative estimate of drug-likeness (QED) is 0.168.